The van der Waals surface area contributed by atoms with Gasteiger partial charge in [-0.1, -0.05) is 30.0 Å². The maximum Gasteiger partial charge on any atom is 0.295 e. The maximum atomic E-state index is 13.0. The minimum atomic E-state index is -0.257. The molecule has 1 aliphatic carbocycles. The molecule has 1 N–H and O–H groups in total. The van der Waals surface area contributed by atoms with Crippen LogP contribution in [0.15, 0.2) is 45.7 Å². The first-order valence-electron chi connectivity index (χ1n) is 11.2. The summed E-state index contributed by atoms with van der Waals surface area (Å²) in [4.78, 5) is 27.2. The molecule has 0 spiro atoms. The molecule has 0 bridgehead atoms. The summed E-state index contributed by atoms with van der Waals surface area (Å²) >= 11 is 3.12. The molecule has 10 heteroatoms. The van der Waals surface area contributed by atoms with E-state index in [1.165, 1.54) is 35.0 Å². The van der Waals surface area contributed by atoms with Crippen LogP contribution in [0.25, 0.3) is 17.1 Å². The first-order valence-corrected chi connectivity index (χ1v) is 13.1. The van der Waals surface area contributed by atoms with Gasteiger partial charge in [-0.2, -0.15) is 0 Å². The second-order valence-corrected chi connectivity index (χ2v) is 10.3. The molecule has 3 heterocycles. The van der Waals surface area contributed by atoms with Crippen LogP contribution in [-0.4, -0.2) is 35.8 Å². The van der Waals surface area contributed by atoms with E-state index in [0.717, 1.165) is 29.9 Å². The standard InChI is InChI=1S/C24H26N6O2S2/c1-15-21(23(32)30(29(15)3)16-9-5-4-6-10-16)25-20(31)14-34-24-27-26-22(28(24)2)18-13-33-19-12-8-7-11-17(18)19/h4-6,9-10,13H,7-8,11-12,14H2,1-3H3,(H,25,31). The molecule has 1 aliphatic rings. The second kappa shape index (κ2) is 9.27. The van der Waals surface area contributed by atoms with E-state index in [1.807, 2.05) is 48.9 Å². The van der Waals surface area contributed by atoms with Crippen LogP contribution in [0, 0.1) is 6.92 Å². The fourth-order valence-corrected chi connectivity index (χ4v) is 6.21. The number of anilines is 1. The summed E-state index contributed by atoms with van der Waals surface area (Å²) in [5.74, 6) is 0.716. The Bertz CT molecular complexity index is 1410. The summed E-state index contributed by atoms with van der Waals surface area (Å²) in [5, 5.41) is 14.4. The molecule has 3 aromatic heterocycles. The van der Waals surface area contributed by atoms with Gasteiger partial charge < -0.3 is 9.88 Å². The van der Waals surface area contributed by atoms with Gasteiger partial charge in [-0.15, -0.1) is 21.5 Å². The number of aromatic nitrogens is 5. The number of carbonyl (C=O) groups excluding carboxylic acids is 1. The van der Waals surface area contributed by atoms with Crippen LogP contribution in [0.5, 0.6) is 0 Å². The molecule has 0 fully saturated rings. The van der Waals surface area contributed by atoms with Crippen molar-refractivity contribution in [3.05, 3.63) is 62.2 Å². The largest absolute Gasteiger partial charge is 0.319 e. The Kier molecular flexibility index (Phi) is 6.18. The number of carbonyl (C=O) groups is 1. The number of nitrogens with one attached hydrogen (secondary N) is 1. The number of thioether (sulfide) groups is 1. The lowest BCUT2D eigenvalue weighted by molar-refractivity contribution is -0.113. The summed E-state index contributed by atoms with van der Waals surface area (Å²) in [7, 11) is 3.74. The van der Waals surface area contributed by atoms with Gasteiger partial charge in [0.1, 0.15) is 5.69 Å². The molecule has 1 amide bonds. The maximum absolute atomic E-state index is 13.0. The van der Waals surface area contributed by atoms with Crippen molar-refractivity contribution in [3.63, 3.8) is 0 Å². The number of para-hydroxylation sites is 1. The zero-order chi connectivity index (χ0) is 23.8. The smallest absolute Gasteiger partial charge is 0.295 e. The third-order valence-corrected chi connectivity index (χ3v) is 8.40. The van der Waals surface area contributed by atoms with Crippen LogP contribution in [0.1, 0.15) is 29.0 Å². The predicted molar refractivity (Wildman–Crippen MR) is 136 cm³/mol. The number of amides is 1. The molecule has 0 aliphatic heterocycles. The SMILES string of the molecule is Cc1c(NC(=O)CSc2nnc(-c3csc4c3CCCC4)n2C)c(=O)n(-c2ccccc2)n1C. The van der Waals surface area contributed by atoms with Gasteiger partial charge in [-0.05, 0) is 50.3 Å². The van der Waals surface area contributed by atoms with E-state index >= 15 is 0 Å². The van der Waals surface area contributed by atoms with Crippen molar-refractivity contribution in [2.75, 3.05) is 11.1 Å². The predicted octanol–water partition coefficient (Wildman–Crippen LogP) is 3.95. The summed E-state index contributed by atoms with van der Waals surface area (Å²) in [6, 6.07) is 9.37. The molecule has 176 valence electrons. The number of aryl methyl sites for hydroxylation is 1. The van der Waals surface area contributed by atoms with Crippen LogP contribution in [-0.2, 0) is 31.7 Å². The van der Waals surface area contributed by atoms with E-state index in [2.05, 4.69) is 20.9 Å². The zero-order valence-corrected chi connectivity index (χ0v) is 21.0. The number of thiophene rings is 1. The first-order chi connectivity index (χ1) is 16.5. The third kappa shape index (κ3) is 4.01. The number of hydrogen-bond acceptors (Lipinski definition) is 6. The highest BCUT2D eigenvalue weighted by Crippen LogP contribution is 2.36. The van der Waals surface area contributed by atoms with E-state index in [1.54, 1.807) is 27.7 Å². The van der Waals surface area contributed by atoms with Crippen molar-refractivity contribution in [2.45, 2.75) is 37.8 Å². The van der Waals surface area contributed by atoms with Crippen LogP contribution < -0.4 is 10.9 Å². The van der Waals surface area contributed by atoms with Gasteiger partial charge in [0.2, 0.25) is 5.91 Å². The minimum Gasteiger partial charge on any atom is -0.319 e. The molecule has 0 unspecified atom stereocenters. The lowest BCUT2D eigenvalue weighted by Gasteiger charge is -2.12. The number of hydrogen-bond donors (Lipinski definition) is 1. The fraction of sp³-hybridized carbons (Fsp3) is 0.333. The fourth-order valence-electron chi connectivity index (χ4n) is 4.37. The van der Waals surface area contributed by atoms with Gasteiger partial charge >= 0.3 is 0 Å². The Hall–Kier alpha value is -3.11. The molecule has 4 aromatic rings. The van der Waals surface area contributed by atoms with Crippen molar-refractivity contribution in [2.24, 2.45) is 14.1 Å². The monoisotopic (exact) mass is 494 g/mol. The Labute approximate surface area is 205 Å². The Morgan fingerprint density at radius 3 is 2.71 bits per heavy atom. The molecule has 1 aromatic carbocycles. The molecule has 0 radical (unpaired) electrons. The molecule has 34 heavy (non-hydrogen) atoms. The lowest BCUT2D eigenvalue weighted by Crippen LogP contribution is -2.23. The van der Waals surface area contributed by atoms with Crippen LogP contribution in [0.4, 0.5) is 5.69 Å². The second-order valence-electron chi connectivity index (χ2n) is 8.40. The number of fused-ring (bicyclic) bond motifs is 1. The van der Waals surface area contributed by atoms with Crippen molar-refractivity contribution < 1.29 is 4.79 Å². The lowest BCUT2D eigenvalue weighted by atomic mass is 9.96. The summed E-state index contributed by atoms with van der Waals surface area (Å²) in [6.07, 6.45) is 4.69. The Morgan fingerprint density at radius 1 is 1.15 bits per heavy atom. The topological polar surface area (TPSA) is 86.7 Å². The van der Waals surface area contributed by atoms with Crippen LogP contribution in [0.3, 0.4) is 0 Å². The van der Waals surface area contributed by atoms with E-state index < -0.39 is 0 Å². The highest BCUT2D eigenvalue weighted by atomic mass is 32.2. The summed E-state index contributed by atoms with van der Waals surface area (Å²) < 4.78 is 5.25. The minimum absolute atomic E-state index is 0.132. The number of benzene rings is 1. The first kappa shape index (κ1) is 22.7. The number of nitrogens with zero attached hydrogens (tertiary/aromatic N) is 5. The molecule has 0 saturated heterocycles. The van der Waals surface area contributed by atoms with Crippen molar-refractivity contribution in [1.29, 1.82) is 0 Å². The van der Waals surface area contributed by atoms with Crippen molar-refractivity contribution in [3.8, 4) is 17.1 Å². The molecule has 0 atom stereocenters. The van der Waals surface area contributed by atoms with Crippen molar-refractivity contribution >= 4 is 34.7 Å². The van der Waals surface area contributed by atoms with Gasteiger partial charge in [-0.3, -0.25) is 14.3 Å². The molecule has 5 rings (SSSR count). The Morgan fingerprint density at radius 2 is 1.91 bits per heavy atom. The van der Waals surface area contributed by atoms with Crippen molar-refractivity contribution in [1.82, 2.24) is 24.1 Å². The van der Waals surface area contributed by atoms with E-state index in [-0.39, 0.29) is 17.2 Å². The highest BCUT2D eigenvalue weighted by Gasteiger charge is 2.22. The number of rotatable bonds is 6. The average molecular weight is 495 g/mol. The summed E-state index contributed by atoms with van der Waals surface area (Å²) in [6.45, 7) is 1.82. The molecular weight excluding hydrogens is 468 g/mol. The zero-order valence-electron chi connectivity index (χ0n) is 19.4. The average Bonchev–Trinajstić information content (AvgIpc) is 3.49. The van der Waals surface area contributed by atoms with Crippen LogP contribution in [0.2, 0.25) is 0 Å². The quantitative estimate of drug-likeness (QED) is 0.410. The van der Waals surface area contributed by atoms with Crippen LogP contribution >= 0.6 is 23.1 Å². The molecule has 0 saturated carbocycles. The molecular formula is C24H26N6O2S2. The summed E-state index contributed by atoms with van der Waals surface area (Å²) in [5.41, 5.74) is 4.03. The molecule has 8 nitrogen and oxygen atoms in total. The van der Waals surface area contributed by atoms with Gasteiger partial charge in [-0.25, -0.2) is 4.68 Å². The van der Waals surface area contributed by atoms with E-state index in [0.29, 0.717) is 16.5 Å². The van der Waals surface area contributed by atoms with E-state index in [4.69, 9.17) is 0 Å². The van der Waals surface area contributed by atoms with Gasteiger partial charge in [0, 0.05) is 29.9 Å². The highest BCUT2D eigenvalue weighted by molar-refractivity contribution is 7.99. The van der Waals surface area contributed by atoms with E-state index in [9.17, 15) is 9.59 Å². The van der Waals surface area contributed by atoms with Gasteiger partial charge in [0.25, 0.3) is 5.56 Å². The Balaban J connectivity index is 1.30. The third-order valence-electron chi connectivity index (χ3n) is 6.29. The van der Waals surface area contributed by atoms with Gasteiger partial charge in [0.15, 0.2) is 11.0 Å². The normalized spacial score (nSPS) is 13.1. The van der Waals surface area contributed by atoms with Gasteiger partial charge in [0.05, 0.1) is 17.1 Å².